The summed E-state index contributed by atoms with van der Waals surface area (Å²) in [5, 5.41) is 6.83. The van der Waals surface area contributed by atoms with Crippen LogP contribution in [0.3, 0.4) is 0 Å². The lowest BCUT2D eigenvalue weighted by Crippen LogP contribution is -2.50. The first kappa shape index (κ1) is 18.4. The van der Waals surface area contributed by atoms with E-state index in [2.05, 4.69) is 10.2 Å². The molecule has 0 spiro atoms. The van der Waals surface area contributed by atoms with E-state index >= 15 is 0 Å². The van der Waals surface area contributed by atoms with Crippen molar-refractivity contribution in [2.45, 2.75) is 6.42 Å². The van der Waals surface area contributed by atoms with Gasteiger partial charge in [-0.15, -0.1) is 11.3 Å². The summed E-state index contributed by atoms with van der Waals surface area (Å²) in [6.07, 6.45) is 1.92. The number of thiophene rings is 1. The lowest BCUT2D eigenvalue weighted by Gasteiger charge is -2.34. The van der Waals surface area contributed by atoms with Crippen LogP contribution in [-0.4, -0.2) is 58.0 Å². The van der Waals surface area contributed by atoms with E-state index in [9.17, 15) is 14.0 Å². The number of hydrogen-bond acceptors (Lipinski definition) is 4. The second kappa shape index (κ2) is 7.93. The maximum Gasteiger partial charge on any atom is 0.264 e. The normalized spacial score (nSPS) is 14.3. The number of hydrogen-bond donors (Lipinski definition) is 1. The summed E-state index contributed by atoms with van der Waals surface area (Å²) in [7, 11) is 0. The monoisotopic (exact) mass is 398 g/mol. The third kappa shape index (κ3) is 3.96. The molecular formula is C20H19FN4O2S. The first-order valence-electron chi connectivity index (χ1n) is 9.01. The van der Waals surface area contributed by atoms with Crippen LogP contribution in [0.1, 0.15) is 15.2 Å². The van der Waals surface area contributed by atoms with Gasteiger partial charge in [-0.2, -0.15) is 5.10 Å². The summed E-state index contributed by atoms with van der Waals surface area (Å²) in [6, 6.07) is 11.6. The van der Waals surface area contributed by atoms with Gasteiger partial charge in [0.1, 0.15) is 5.82 Å². The van der Waals surface area contributed by atoms with Crippen molar-refractivity contribution in [2.75, 3.05) is 26.2 Å². The molecule has 6 nitrogen and oxygen atoms in total. The molecule has 0 atom stereocenters. The molecule has 1 aromatic carbocycles. The molecule has 0 aliphatic carbocycles. The second-order valence-electron chi connectivity index (χ2n) is 6.61. The maximum absolute atomic E-state index is 13.0. The summed E-state index contributed by atoms with van der Waals surface area (Å²) in [4.78, 5) is 30.4. The zero-order valence-corrected chi connectivity index (χ0v) is 15.9. The Morgan fingerprint density at radius 1 is 1.00 bits per heavy atom. The van der Waals surface area contributed by atoms with E-state index in [1.165, 1.54) is 23.5 Å². The molecule has 1 aliphatic heterocycles. The number of amides is 2. The number of carbonyl (C=O) groups excluding carboxylic acids is 2. The van der Waals surface area contributed by atoms with Crippen molar-refractivity contribution in [1.82, 2.24) is 20.0 Å². The minimum atomic E-state index is -0.312. The average Bonchev–Trinajstić information content (AvgIpc) is 3.41. The van der Waals surface area contributed by atoms with Crippen LogP contribution < -0.4 is 0 Å². The largest absolute Gasteiger partial charge is 0.339 e. The highest BCUT2D eigenvalue weighted by Crippen LogP contribution is 2.27. The molecule has 4 rings (SSSR count). The van der Waals surface area contributed by atoms with Gasteiger partial charge in [0.05, 0.1) is 21.9 Å². The number of nitrogens with zero attached hydrogens (tertiary/aromatic N) is 3. The van der Waals surface area contributed by atoms with Gasteiger partial charge in [0, 0.05) is 32.4 Å². The average molecular weight is 398 g/mol. The molecule has 1 fully saturated rings. The van der Waals surface area contributed by atoms with Crippen molar-refractivity contribution < 1.29 is 14.0 Å². The Hall–Kier alpha value is -3.00. The van der Waals surface area contributed by atoms with Gasteiger partial charge < -0.3 is 9.80 Å². The molecule has 1 saturated heterocycles. The molecule has 3 aromatic rings. The van der Waals surface area contributed by atoms with E-state index in [4.69, 9.17) is 0 Å². The van der Waals surface area contributed by atoms with Crippen LogP contribution in [0.25, 0.3) is 10.6 Å². The molecular weight excluding hydrogens is 379 g/mol. The summed E-state index contributed by atoms with van der Waals surface area (Å²) in [6.45, 7) is 2.02. The lowest BCUT2D eigenvalue weighted by atomic mass is 10.1. The Balaban J connectivity index is 1.33. The van der Waals surface area contributed by atoms with Crippen LogP contribution in [0.2, 0.25) is 0 Å². The smallest absolute Gasteiger partial charge is 0.264 e. The van der Waals surface area contributed by atoms with Crippen molar-refractivity contribution in [1.29, 1.82) is 0 Å². The topological polar surface area (TPSA) is 69.3 Å². The number of benzene rings is 1. The molecule has 2 aromatic heterocycles. The molecule has 1 aliphatic rings. The molecule has 0 bridgehead atoms. The first-order chi connectivity index (χ1) is 13.6. The third-order valence-electron chi connectivity index (χ3n) is 4.77. The Morgan fingerprint density at radius 2 is 1.71 bits per heavy atom. The van der Waals surface area contributed by atoms with E-state index in [0.717, 1.165) is 16.1 Å². The van der Waals surface area contributed by atoms with Crippen molar-refractivity contribution in [3.05, 3.63) is 64.9 Å². The number of rotatable bonds is 4. The maximum atomic E-state index is 13.0. The van der Waals surface area contributed by atoms with Gasteiger partial charge in [-0.3, -0.25) is 14.7 Å². The van der Waals surface area contributed by atoms with Crippen LogP contribution >= 0.6 is 11.3 Å². The summed E-state index contributed by atoms with van der Waals surface area (Å²) < 4.78 is 13.0. The highest BCUT2D eigenvalue weighted by Gasteiger charge is 2.25. The van der Waals surface area contributed by atoms with Gasteiger partial charge in [0.25, 0.3) is 5.91 Å². The standard InChI is InChI=1S/C20H19FN4O2S/c21-15-3-1-14(2-4-15)13-19(26)24-9-11-25(12-10-24)20(27)18-6-5-17(28-18)16-7-8-22-23-16/h1-8H,9-13H2,(H,22,23). The molecule has 144 valence electrons. The predicted molar refractivity (Wildman–Crippen MR) is 104 cm³/mol. The Morgan fingerprint density at radius 3 is 2.39 bits per heavy atom. The van der Waals surface area contributed by atoms with Crippen LogP contribution in [0, 0.1) is 5.82 Å². The predicted octanol–water partition coefficient (Wildman–Crippen LogP) is 2.80. The number of halogens is 1. The minimum Gasteiger partial charge on any atom is -0.339 e. The quantitative estimate of drug-likeness (QED) is 0.735. The lowest BCUT2D eigenvalue weighted by molar-refractivity contribution is -0.131. The second-order valence-corrected chi connectivity index (χ2v) is 7.69. The van der Waals surface area contributed by atoms with E-state index < -0.39 is 0 Å². The summed E-state index contributed by atoms with van der Waals surface area (Å²) >= 11 is 1.43. The van der Waals surface area contributed by atoms with Crippen molar-refractivity contribution in [3.8, 4) is 10.6 Å². The van der Waals surface area contributed by atoms with E-state index in [1.807, 2.05) is 18.2 Å². The van der Waals surface area contributed by atoms with Gasteiger partial charge in [0.2, 0.25) is 5.91 Å². The fourth-order valence-corrected chi connectivity index (χ4v) is 4.14. The van der Waals surface area contributed by atoms with Crippen LogP contribution in [0.5, 0.6) is 0 Å². The number of aromatic amines is 1. The highest BCUT2D eigenvalue weighted by molar-refractivity contribution is 7.17. The van der Waals surface area contributed by atoms with Gasteiger partial charge >= 0.3 is 0 Å². The Labute approximate surface area is 165 Å². The molecule has 3 heterocycles. The number of piperazine rings is 1. The Bertz CT molecular complexity index is 961. The van der Waals surface area contributed by atoms with E-state index in [1.54, 1.807) is 28.1 Å². The highest BCUT2D eigenvalue weighted by atomic mass is 32.1. The molecule has 8 heteroatoms. The fourth-order valence-electron chi connectivity index (χ4n) is 3.19. The third-order valence-corrected chi connectivity index (χ3v) is 5.88. The number of H-pyrrole nitrogens is 1. The van der Waals surface area contributed by atoms with Crippen molar-refractivity contribution in [2.24, 2.45) is 0 Å². The summed E-state index contributed by atoms with van der Waals surface area (Å²) in [5.41, 5.74) is 1.68. The van der Waals surface area contributed by atoms with E-state index in [0.29, 0.717) is 31.1 Å². The van der Waals surface area contributed by atoms with Gasteiger partial charge in [-0.05, 0) is 35.9 Å². The number of carbonyl (C=O) groups is 2. The Kier molecular flexibility index (Phi) is 5.21. The molecule has 1 N–H and O–H groups in total. The molecule has 28 heavy (non-hydrogen) atoms. The van der Waals surface area contributed by atoms with E-state index in [-0.39, 0.29) is 24.1 Å². The zero-order chi connectivity index (χ0) is 19.5. The number of aromatic nitrogens is 2. The van der Waals surface area contributed by atoms with Crippen molar-refractivity contribution >= 4 is 23.2 Å². The molecule has 0 unspecified atom stereocenters. The van der Waals surface area contributed by atoms with Crippen LogP contribution in [0.4, 0.5) is 4.39 Å². The SMILES string of the molecule is O=C(Cc1ccc(F)cc1)N1CCN(C(=O)c2ccc(-c3ccn[nH]3)s2)CC1. The van der Waals surface area contributed by atoms with Gasteiger partial charge in [0.15, 0.2) is 0 Å². The summed E-state index contributed by atoms with van der Waals surface area (Å²) in [5.74, 6) is -0.328. The molecule has 2 amide bonds. The minimum absolute atomic E-state index is 0.00337. The van der Waals surface area contributed by atoms with Crippen molar-refractivity contribution in [3.63, 3.8) is 0 Å². The van der Waals surface area contributed by atoms with Crippen LogP contribution in [-0.2, 0) is 11.2 Å². The number of nitrogens with one attached hydrogen (secondary N) is 1. The molecule has 0 radical (unpaired) electrons. The fraction of sp³-hybridized carbons (Fsp3) is 0.250. The van der Waals surface area contributed by atoms with Crippen LogP contribution in [0.15, 0.2) is 48.7 Å². The first-order valence-corrected chi connectivity index (χ1v) is 9.83. The van der Waals surface area contributed by atoms with Gasteiger partial charge in [-0.1, -0.05) is 12.1 Å². The molecule has 0 saturated carbocycles. The van der Waals surface area contributed by atoms with Gasteiger partial charge in [-0.25, -0.2) is 4.39 Å². The zero-order valence-electron chi connectivity index (χ0n) is 15.1.